The fraction of sp³-hybridized carbons (Fsp3) is 0.0588. The Labute approximate surface area is 150 Å². The second-order valence-electron chi connectivity index (χ2n) is 5.76. The van der Waals surface area contributed by atoms with Gasteiger partial charge in [0.1, 0.15) is 5.69 Å². The normalized spacial score (nSPS) is 11.7. The van der Waals surface area contributed by atoms with Gasteiger partial charge in [0.15, 0.2) is 21.5 Å². The van der Waals surface area contributed by atoms with Gasteiger partial charge in [0.25, 0.3) is 0 Å². The number of fused-ring (bicyclic) bond motifs is 1. The number of anilines is 1. The van der Waals surface area contributed by atoms with Gasteiger partial charge in [-0.2, -0.15) is 0 Å². The summed E-state index contributed by atoms with van der Waals surface area (Å²) in [6.07, 6.45) is 6.03. The van der Waals surface area contributed by atoms with E-state index in [2.05, 4.69) is 24.9 Å². The number of benzene rings is 1. The van der Waals surface area contributed by atoms with E-state index < -0.39 is 9.84 Å². The number of nitrogens with two attached hydrogens (primary N) is 1. The molecule has 4 aromatic rings. The van der Waals surface area contributed by atoms with Gasteiger partial charge < -0.3 is 10.7 Å². The maximum Gasteiger partial charge on any atom is 0.175 e. The maximum atomic E-state index is 11.6. The first-order valence-electron chi connectivity index (χ1n) is 7.65. The Hall–Kier alpha value is -3.33. The number of nitrogens with zero attached hydrogens (tertiary/aromatic N) is 4. The van der Waals surface area contributed by atoms with Gasteiger partial charge in [-0.15, -0.1) is 0 Å². The molecule has 3 aromatic heterocycles. The van der Waals surface area contributed by atoms with Crippen molar-refractivity contribution < 1.29 is 9.84 Å². The molecule has 0 saturated heterocycles. The summed E-state index contributed by atoms with van der Waals surface area (Å²) < 4.78 is 23.2. The Morgan fingerprint density at radius 1 is 1.08 bits per heavy atom. The molecule has 3 heterocycles. The van der Waals surface area contributed by atoms with Crippen molar-refractivity contribution in [2.75, 3.05) is 12.0 Å². The fourth-order valence-corrected chi connectivity index (χ4v) is 3.18. The molecule has 0 aliphatic carbocycles. The van der Waals surface area contributed by atoms with Crippen LogP contribution in [0.5, 0.6) is 0 Å². The molecular formula is C17H16N6O2S. The van der Waals surface area contributed by atoms with Crippen LogP contribution in [-0.4, -0.2) is 39.6 Å². The minimum Gasteiger partial charge on any atom is -0.382 e. The number of pyridine rings is 1. The molecular weight excluding hydrogens is 352 g/mol. The first kappa shape index (κ1) is 16.2. The molecule has 26 heavy (non-hydrogen) atoms. The maximum absolute atomic E-state index is 11.6. The number of nitrogens with one attached hydrogen (secondary N) is 1. The van der Waals surface area contributed by atoms with E-state index in [0.717, 1.165) is 16.6 Å². The van der Waals surface area contributed by atoms with E-state index in [1.807, 2.05) is 0 Å². The number of rotatable bonds is 3. The van der Waals surface area contributed by atoms with Gasteiger partial charge in [0.2, 0.25) is 0 Å². The summed E-state index contributed by atoms with van der Waals surface area (Å²) >= 11 is 0. The second-order valence-corrected chi connectivity index (χ2v) is 7.78. The Morgan fingerprint density at radius 3 is 2.54 bits per heavy atom. The van der Waals surface area contributed by atoms with E-state index in [1.165, 1.54) is 18.4 Å². The third kappa shape index (κ3) is 2.88. The van der Waals surface area contributed by atoms with Gasteiger partial charge in [0.05, 0.1) is 34.0 Å². The average Bonchev–Trinajstić information content (AvgIpc) is 3.05. The second kappa shape index (κ2) is 5.88. The van der Waals surface area contributed by atoms with Gasteiger partial charge in [-0.3, -0.25) is 4.98 Å². The summed E-state index contributed by atoms with van der Waals surface area (Å²) in [5.41, 5.74) is 9.20. The zero-order valence-corrected chi connectivity index (χ0v) is 14.5. The van der Waals surface area contributed by atoms with E-state index in [0.29, 0.717) is 17.2 Å². The highest BCUT2D eigenvalue weighted by atomic mass is 32.2. The van der Waals surface area contributed by atoms with Crippen LogP contribution in [0.1, 0.15) is 1.43 Å². The molecule has 0 fully saturated rings. The molecule has 0 atom stereocenters. The topological polar surface area (TPSA) is 128 Å². The molecule has 132 valence electrons. The molecule has 8 nitrogen and oxygen atoms in total. The summed E-state index contributed by atoms with van der Waals surface area (Å²) in [6.45, 7) is 0. The number of aromatic nitrogens is 5. The van der Waals surface area contributed by atoms with E-state index >= 15 is 0 Å². The number of hydrogen-bond acceptors (Lipinski definition) is 7. The molecule has 0 aliphatic heterocycles. The van der Waals surface area contributed by atoms with Gasteiger partial charge in [-0.1, -0.05) is 12.1 Å². The molecule has 3 N–H and O–H groups in total. The molecule has 0 saturated carbocycles. The largest absolute Gasteiger partial charge is 0.382 e. The lowest BCUT2D eigenvalue weighted by atomic mass is 10.1. The predicted octanol–water partition coefficient (Wildman–Crippen LogP) is 2.31. The van der Waals surface area contributed by atoms with E-state index in [1.54, 1.807) is 36.8 Å². The van der Waals surface area contributed by atoms with Crippen molar-refractivity contribution >= 4 is 26.7 Å². The number of nitrogen functional groups attached to an aromatic ring is 1. The first-order valence-corrected chi connectivity index (χ1v) is 9.54. The molecule has 9 heteroatoms. The zero-order chi connectivity index (χ0) is 18.3. The summed E-state index contributed by atoms with van der Waals surface area (Å²) in [5, 5.41) is 0. The highest BCUT2D eigenvalue weighted by molar-refractivity contribution is 7.90. The molecule has 0 bridgehead atoms. The van der Waals surface area contributed by atoms with Crippen molar-refractivity contribution in [3.8, 4) is 22.8 Å². The van der Waals surface area contributed by atoms with Gasteiger partial charge in [-0.25, -0.2) is 23.4 Å². The van der Waals surface area contributed by atoms with Gasteiger partial charge in [-0.05, 0) is 18.2 Å². The molecule has 1 aromatic carbocycles. The number of aromatic amines is 1. The van der Waals surface area contributed by atoms with E-state index in [9.17, 15) is 8.42 Å². The first-order chi connectivity index (χ1) is 12.4. The fourth-order valence-electron chi connectivity index (χ4n) is 2.55. The van der Waals surface area contributed by atoms with Crippen molar-refractivity contribution in [3.05, 3.63) is 48.9 Å². The summed E-state index contributed by atoms with van der Waals surface area (Å²) in [5.74, 6) is 0.737. The lowest BCUT2D eigenvalue weighted by Gasteiger charge is -2.06. The highest BCUT2D eigenvalue weighted by Crippen LogP contribution is 2.26. The Morgan fingerprint density at radius 2 is 1.85 bits per heavy atom. The Bertz CT molecular complexity index is 1190. The quantitative estimate of drug-likeness (QED) is 0.568. The monoisotopic (exact) mass is 368 g/mol. The minimum absolute atomic E-state index is 0. The SMILES string of the molecule is CS(=O)(=O)c1ccc(-c2cnc(N)c(-c3nc4ccncc4[nH]3)n2)cc1.[HH]. The molecule has 0 spiro atoms. The third-order valence-electron chi connectivity index (χ3n) is 3.89. The zero-order valence-electron chi connectivity index (χ0n) is 13.7. The molecule has 0 radical (unpaired) electrons. The minimum atomic E-state index is -3.25. The standard InChI is InChI=1S/C17H14N6O2S.H2/c1-26(24,25)11-4-2-10(3-5-11)13-9-20-16(18)15(21-13)17-22-12-6-7-19-8-14(12)23-17;/h2-9H,1H3,(H2,18,20)(H,22,23);1H. The Balaban J connectivity index is 0.00000210. The van der Waals surface area contributed by atoms with Gasteiger partial charge in [0, 0.05) is 19.4 Å². The van der Waals surface area contributed by atoms with Crippen LogP contribution in [0.2, 0.25) is 0 Å². The van der Waals surface area contributed by atoms with Crippen molar-refractivity contribution in [3.63, 3.8) is 0 Å². The van der Waals surface area contributed by atoms with Crippen LogP contribution in [0.3, 0.4) is 0 Å². The lowest BCUT2D eigenvalue weighted by molar-refractivity contribution is 0.602. The smallest absolute Gasteiger partial charge is 0.175 e. The van der Waals surface area contributed by atoms with Gasteiger partial charge >= 0.3 is 0 Å². The highest BCUT2D eigenvalue weighted by Gasteiger charge is 2.14. The summed E-state index contributed by atoms with van der Waals surface area (Å²) in [4.78, 5) is 20.6. The third-order valence-corrected chi connectivity index (χ3v) is 5.02. The van der Waals surface area contributed by atoms with Crippen LogP contribution in [0.25, 0.3) is 33.8 Å². The Kier molecular flexibility index (Phi) is 3.66. The molecule has 4 rings (SSSR count). The van der Waals surface area contributed by atoms with Crippen molar-refractivity contribution in [1.82, 2.24) is 24.9 Å². The molecule has 0 aliphatic rings. The summed E-state index contributed by atoms with van der Waals surface area (Å²) in [7, 11) is -3.25. The van der Waals surface area contributed by atoms with Crippen molar-refractivity contribution in [2.45, 2.75) is 4.90 Å². The number of imidazole rings is 1. The predicted molar refractivity (Wildman–Crippen MR) is 100.0 cm³/mol. The molecule has 0 unspecified atom stereocenters. The number of hydrogen-bond donors (Lipinski definition) is 2. The van der Waals surface area contributed by atoms with Crippen LogP contribution < -0.4 is 5.73 Å². The number of H-pyrrole nitrogens is 1. The van der Waals surface area contributed by atoms with Crippen LogP contribution in [0.15, 0.2) is 53.8 Å². The molecule has 0 amide bonds. The van der Waals surface area contributed by atoms with Crippen LogP contribution in [0, 0.1) is 0 Å². The van der Waals surface area contributed by atoms with Crippen molar-refractivity contribution in [1.29, 1.82) is 0 Å². The van der Waals surface area contributed by atoms with E-state index in [4.69, 9.17) is 5.73 Å². The van der Waals surface area contributed by atoms with E-state index in [-0.39, 0.29) is 12.1 Å². The van der Waals surface area contributed by atoms with Crippen LogP contribution in [-0.2, 0) is 9.84 Å². The lowest BCUT2D eigenvalue weighted by Crippen LogP contribution is -2.00. The number of sulfone groups is 1. The van der Waals surface area contributed by atoms with Crippen LogP contribution in [0.4, 0.5) is 5.82 Å². The summed E-state index contributed by atoms with van der Waals surface area (Å²) in [6, 6.07) is 8.23. The average molecular weight is 368 g/mol. The van der Waals surface area contributed by atoms with Crippen LogP contribution >= 0.6 is 0 Å². The van der Waals surface area contributed by atoms with Crippen molar-refractivity contribution in [2.24, 2.45) is 0 Å².